The molecule has 0 aromatic heterocycles. The van der Waals surface area contributed by atoms with Gasteiger partial charge in [-0.25, -0.2) is 0 Å². The second-order valence-electron chi connectivity index (χ2n) is 20.4. The first-order valence-corrected chi connectivity index (χ1v) is 28.1. The molecule has 8 rings (SSSR count). The molecule has 0 saturated heterocycles. The van der Waals surface area contributed by atoms with Crippen LogP contribution in [-0.2, 0) is 33.3 Å². The van der Waals surface area contributed by atoms with Gasteiger partial charge >= 0.3 is 0 Å². The highest BCUT2D eigenvalue weighted by Gasteiger charge is 2.36. The minimum atomic E-state index is -0.929. The fourth-order valence-corrected chi connectivity index (χ4v) is 9.61. The fourth-order valence-electron chi connectivity index (χ4n) is 9.61. The Morgan fingerprint density at radius 1 is 0.624 bits per heavy atom. The maximum atomic E-state index is 14.1. The van der Waals surface area contributed by atoms with Gasteiger partial charge in [0.15, 0.2) is 23.0 Å². The van der Waals surface area contributed by atoms with Crippen LogP contribution in [0.15, 0.2) is 100 Å². The summed E-state index contributed by atoms with van der Waals surface area (Å²) in [5.41, 5.74) is 14.2. The number of methoxy groups -OCH3 is 3. The highest BCUT2D eigenvalue weighted by Crippen LogP contribution is 2.42. The lowest BCUT2D eigenvalue weighted by Gasteiger charge is -2.24. The Bertz CT molecular complexity index is 3200. The van der Waals surface area contributed by atoms with E-state index in [2.05, 4.69) is 26.0 Å². The molecule has 4 heterocycles. The number of carbonyl (C=O) groups excluding carboxylic acids is 5. The predicted molar refractivity (Wildman–Crippen MR) is 317 cm³/mol. The lowest BCUT2D eigenvalue weighted by atomic mass is 10.0. The molecule has 0 bridgehead atoms. The van der Waals surface area contributed by atoms with Crippen LogP contribution >= 0.6 is 0 Å². The number of anilines is 1. The summed E-state index contributed by atoms with van der Waals surface area (Å²) in [6.07, 6.45) is 8.84. The molecule has 24 heteroatoms. The van der Waals surface area contributed by atoms with Gasteiger partial charge in [0.25, 0.3) is 11.8 Å². The Morgan fingerprint density at radius 3 is 1.60 bits per heavy atom. The number of nitrogens with zero attached hydrogens (tertiary/aromatic N) is 7. The summed E-state index contributed by atoms with van der Waals surface area (Å²) in [6, 6.07) is 19.2. The number of azide groups is 1. The first-order chi connectivity index (χ1) is 41.3. The molecule has 0 aliphatic carbocycles. The van der Waals surface area contributed by atoms with E-state index in [0.717, 1.165) is 28.0 Å². The van der Waals surface area contributed by atoms with Gasteiger partial charge in [0.05, 0.1) is 122 Å². The van der Waals surface area contributed by atoms with Crippen molar-refractivity contribution in [2.24, 2.45) is 21.0 Å². The van der Waals surface area contributed by atoms with Crippen molar-refractivity contribution in [1.29, 1.82) is 0 Å². The molecule has 4 aromatic carbocycles. The van der Waals surface area contributed by atoms with Gasteiger partial charge in [0.1, 0.15) is 17.8 Å². The number of hydrogen-bond acceptors (Lipinski definition) is 17. The summed E-state index contributed by atoms with van der Waals surface area (Å²) < 4.78 is 50.6. The molecule has 4 atom stereocenters. The van der Waals surface area contributed by atoms with Crippen LogP contribution in [0.25, 0.3) is 21.6 Å². The third-order valence-corrected chi connectivity index (χ3v) is 14.2. The number of ether oxygens (including phenoxy) is 9. The van der Waals surface area contributed by atoms with Gasteiger partial charge in [-0.1, -0.05) is 43.2 Å². The van der Waals surface area contributed by atoms with Gasteiger partial charge in [-0.05, 0) is 77.0 Å². The van der Waals surface area contributed by atoms with Gasteiger partial charge in [-0.3, -0.25) is 34.0 Å². The molecule has 85 heavy (non-hydrogen) atoms. The zero-order valence-electron chi connectivity index (χ0n) is 48.6. The first kappa shape index (κ1) is 62.3. The Hall–Kier alpha value is -8.80. The largest absolute Gasteiger partial charge is 0.497 e. The molecule has 5 amide bonds. The van der Waals surface area contributed by atoms with Crippen LogP contribution in [0.5, 0.6) is 28.7 Å². The average Bonchev–Trinajstić information content (AvgIpc) is 3.63. The van der Waals surface area contributed by atoms with Gasteiger partial charge < -0.3 is 68.4 Å². The third kappa shape index (κ3) is 16.5. The Labute approximate surface area is 493 Å². The maximum Gasteiger partial charge on any atom is 0.260 e. The Balaban J connectivity index is 0.760. The van der Waals surface area contributed by atoms with Gasteiger partial charge in [0, 0.05) is 79.8 Å². The first-order valence-electron chi connectivity index (χ1n) is 28.1. The molecule has 4 aliphatic heterocycles. The number of benzene rings is 4. The van der Waals surface area contributed by atoms with E-state index in [1.54, 1.807) is 86.5 Å². The van der Waals surface area contributed by atoms with Crippen LogP contribution in [0.3, 0.4) is 0 Å². The lowest BCUT2D eigenvalue weighted by molar-refractivity contribution is -0.132. The Kier molecular flexibility index (Phi) is 22.5. The van der Waals surface area contributed by atoms with Crippen molar-refractivity contribution < 1.29 is 66.6 Å². The van der Waals surface area contributed by atoms with E-state index in [4.69, 9.17) is 58.1 Å². The summed E-state index contributed by atoms with van der Waals surface area (Å²) in [4.78, 5) is 82.8. The van der Waals surface area contributed by atoms with Crippen LogP contribution in [0.1, 0.15) is 78.3 Å². The number of carbonyl (C=O) groups is 5. The number of hydrogen-bond donors (Lipinski definition) is 3. The second kappa shape index (κ2) is 30.7. The minimum absolute atomic E-state index is 0.0262. The van der Waals surface area contributed by atoms with Crippen molar-refractivity contribution in [2.45, 2.75) is 70.6 Å². The predicted octanol–water partition coefficient (Wildman–Crippen LogP) is 7.85. The molecule has 3 N–H and O–H groups in total. The number of fused-ring (bicyclic) bond motifs is 4. The molecule has 0 saturated carbocycles. The van der Waals surface area contributed by atoms with Crippen molar-refractivity contribution in [1.82, 2.24) is 20.4 Å². The summed E-state index contributed by atoms with van der Waals surface area (Å²) in [5, 5.41) is 11.7. The zero-order chi connectivity index (χ0) is 60.2. The van der Waals surface area contributed by atoms with Crippen LogP contribution in [-0.4, -0.2) is 170 Å². The molecule has 0 radical (unpaired) electrons. The standard InChI is InChI=1S/C61H72N10O14/c1-38(2)57(68-56(72)16-20-80-22-24-82-26-27-83-25-23-81-21-17-65-69-62)59(74)66-39(3)58(73)67-44-12-8-40(9-13-44)42-28-45-34-63-50-32-54(52(78-5)30-48(50)60(75)70(45)36-42)84-18-7-19-85-55-33-51-49(31-53(55)79-6)61(76)71-37-43(29-46(71)35-64-51)41-10-14-47(77-4)15-11-41/h8-15,30-39,45-46,57H,7,16-29H2,1-6H3,(H,66,74)(H,67,73)(H,68,72)/t39-,45?,46?,57-/m0/s1. The van der Waals surface area contributed by atoms with E-state index in [0.29, 0.717) is 110 Å². The van der Waals surface area contributed by atoms with Crippen molar-refractivity contribution in [3.05, 3.63) is 118 Å². The molecular formula is C61H72N10O14. The van der Waals surface area contributed by atoms with E-state index in [-0.39, 0.29) is 75.1 Å². The van der Waals surface area contributed by atoms with Crippen molar-refractivity contribution >= 4 is 70.2 Å². The number of aliphatic imine (C=N–C) groups is 2. The zero-order valence-corrected chi connectivity index (χ0v) is 48.6. The smallest absolute Gasteiger partial charge is 0.260 e. The highest BCUT2D eigenvalue weighted by atomic mass is 16.6. The molecule has 0 spiro atoms. The van der Waals surface area contributed by atoms with Crippen molar-refractivity contribution in [3.8, 4) is 28.7 Å². The second-order valence-corrected chi connectivity index (χ2v) is 20.4. The van der Waals surface area contributed by atoms with E-state index in [1.807, 2.05) is 48.8 Å². The average molecular weight is 1170 g/mol. The van der Waals surface area contributed by atoms with E-state index in [1.165, 1.54) is 14.2 Å². The monoisotopic (exact) mass is 1170 g/mol. The van der Waals surface area contributed by atoms with Crippen molar-refractivity contribution in [2.75, 3.05) is 99.3 Å². The molecule has 4 aromatic rings. The number of rotatable bonds is 32. The van der Waals surface area contributed by atoms with Crippen molar-refractivity contribution in [3.63, 3.8) is 0 Å². The quantitative estimate of drug-likeness (QED) is 0.0182. The van der Waals surface area contributed by atoms with E-state index >= 15 is 0 Å². The SMILES string of the molecule is COc1ccc(C2=CN3C(=O)c4cc(OC)c(OCCCOc5cc6c(cc5OC)C(=O)N5C=C(c7ccc(NC(=O)[C@H](C)NC(=O)[C@@H](NC(=O)CCOCCOCCOCCOCCN=[N+]=[N-])C(C)C)cc7)CC5C=N6)cc4N=CC3C2)cc1. The van der Waals surface area contributed by atoms with Crippen LogP contribution in [0.4, 0.5) is 17.1 Å². The summed E-state index contributed by atoms with van der Waals surface area (Å²) in [6.45, 7) is 8.47. The van der Waals surface area contributed by atoms with Crippen LogP contribution in [0.2, 0.25) is 0 Å². The lowest BCUT2D eigenvalue weighted by Crippen LogP contribution is -2.53. The molecule has 4 aliphatic rings. The topological polar surface area (TPSA) is 284 Å². The third-order valence-electron chi connectivity index (χ3n) is 14.2. The van der Waals surface area contributed by atoms with Gasteiger partial charge in [0.2, 0.25) is 17.7 Å². The van der Waals surface area contributed by atoms with Crippen LogP contribution < -0.4 is 39.6 Å². The highest BCUT2D eigenvalue weighted by molar-refractivity contribution is 6.07. The molecular weight excluding hydrogens is 1100 g/mol. The normalized spacial score (nSPS) is 16.3. The minimum Gasteiger partial charge on any atom is -0.497 e. The summed E-state index contributed by atoms with van der Waals surface area (Å²) in [7, 11) is 4.65. The van der Waals surface area contributed by atoms with E-state index in [9.17, 15) is 24.0 Å². The molecule has 24 nitrogen and oxygen atoms in total. The molecule has 0 fully saturated rings. The molecule has 450 valence electrons. The van der Waals surface area contributed by atoms with Crippen LogP contribution in [0, 0.1) is 5.92 Å². The summed E-state index contributed by atoms with van der Waals surface area (Å²) in [5.74, 6) is 0.333. The van der Waals surface area contributed by atoms with Gasteiger partial charge in [-0.2, -0.15) is 0 Å². The Morgan fingerprint density at radius 2 is 1.12 bits per heavy atom. The summed E-state index contributed by atoms with van der Waals surface area (Å²) >= 11 is 0. The molecule has 2 unspecified atom stereocenters. The number of nitrogens with one attached hydrogen (secondary N) is 3. The maximum absolute atomic E-state index is 14.1. The fraction of sp³-hybridized carbons (Fsp3) is 0.426. The number of amides is 5. The van der Waals surface area contributed by atoms with Gasteiger partial charge in [-0.15, -0.1) is 0 Å². The van der Waals surface area contributed by atoms with E-state index < -0.39 is 23.9 Å².